The average molecular weight is 398 g/mol. The summed E-state index contributed by atoms with van der Waals surface area (Å²) in [7, 11) is 0. The minimum absolute atomic E-state index is 0.0674. The summed E-state index contributed by atoms with van der Waals surface area (Å²) in [6, 6.07) is 15.7. The number of carboxylic acids is 1. The zero-order valence-electron chi connectivity index (χ0n) is 14.7. The van der Waals surface area contributed by atoms with Crippen LogP contribution in [0.5, 0.6) is 5.75 Å². The third-order valence-electron chi connectivity index (χ3n) is 4.54. The van der Waals surface area contributed by atoms with Crippen molar-refractivity contribution in [2.45, 2.75) is 13.0 Å². The number of aromatic carboxylic acids is 1. The molecule has 0 atom stereocenters. The Balaban J connectivity index is 1.63. The Labute approximate surface area is 165 Å². The first-order chi connectivity index (χ1) is 13.5. The highest BCUT2D eigenvalue weighted by Gasteiger charge is 2.31. The fourth-order valence-electron chi connectivity index (χ4n) is 3.20. The molecule has 0 saturated carbocycles. The quantitative estimate of drug-likeness (QED) is 0.727. The van der Waals surface area contributed by atoms with Crippen molar-refractivity contribution < 1.29 is 19.4 Å². The van der Waals surface area contributed by atoms with E-state index in [-0.39, 0.29) is 12.2 Å². The second-order valence-electron chi connectivity index (χ2n) is 6.32. The molecule has 0 aliphatic carbocycles. The van der Waals surface area contributed by atoms with E-state index in [1.807, 2.05) is 6.07 Å². The van der Waals surface area contributed by atoms with Crippen molar-refractivity contribution in [2.24, 2.45) is 0 Å². The predicted octanol–water partition coefficient (Wildman–Crippen LogP) is 3.78. The third kappa shape index (κ3) is 3.44. The number of aromatic nitrogens is 2. The van der Waals surface area contributed by atoms with Crippen LogP contribution in [0.15, 0.2) is 54.6 Å². The fraction of sp³-hybridized carbons (Fsp3) is 0.150. The Morgan fingerprint density at radius 3 is 2.46 bits per heavy atom. The molecule has 8 heteroatoms. The number of ether oxygens (including phenoxy) is 1. The molecular weight excluding hydrogens is 382 g/mol. The number of halogens is 1. The highest BCUT2D eigenvalue weighted by molar-refractivity contribution is 6.30. The van der Waals surface area contributed by atoms with Gasteiger partial charge in [-0.2, -0.15) is 5.10 Å². The number of hydrogen-bond acceptors (Lipinski definition) is 4. The lowest BCUT2D eigenvalue weighted by molar-refractivity contribution is 0.0686. The van der Waals surface area contributed by atoms with Gasteiger partial charge in [-0.15, -0.1) is 0 Å². The topological polar surface area (TPSA) is 84.7 Å². The van der Waals surface area contributed by atoms with Gasteiger partial charge in [-0.3, -0.25) is 0 Å². The van der Waals surface area contributed by atoms with Crippen LogP contribution in [0.1, 0.15) is 21.7 Å². The molecule has 4 rings (SSSR count). The smallest absolute Gasteiger partial charge is 0.415 e. The van der Waals surface area contributed by atoms with Gasteiger partial charge in [-0.1, -0.05) is 29.8 Å². The van der Waals surface area contributed by atoms with Crippen LogP contribution in [0.25, 0.3) is 5.69 Å². The first kappa shape index (κ1) is 18.1. The number of amides is 1. The zero-order chi connectivity index (χ0) is 19.7. The number of carboxylic acid groups (broad SMARTS) is 1. The summed E-state index contributed by atoms with van der Waals surface area (Å²) >= 11 is 5.94. The van der Waals surface area contributed by atoms with Crippen LogP contribution in [0.3, 0.4) is 0 Å². The number of fused-ring (bicyclic) bond motifs is 1. The van der Waals surface area contributed by atoms with E-state index in [0.717, 1.165) is 5.69 Å². The maximum atomic E-state index is 12.5. The van der Waals surface area contributed by atoms with Crippen molar-refractivity contribution >= 4 is 23.7 Å². The molecule has 1 aliphatic heterocycles. The van der Waals surface area contributed by atoms with Gasteiger partial charge >= 0.3 is 12.1 Å². The van der Waals surface area contributed by atoms with Gasteiger partial charge in [0, 0.05) is 23.6 Å². The Bertz CT molecular complexity index is 1030. The highest BCUT2D eigenvalue weighted by atomic mass is 35.5. The Kier molecular flexibility index (Phi) is 4.75. The molecule has 1 aliphatic rings. The molecule has 142 valence electrons. The number of para-hydroxylation sites is 1. The summed E-state index contributed by atoms with van der Waals surface area (Å²) in [6.07, 6.45) is -0.0605. The largest absolute Gasteiger partial charge is 0.476 e. The Morgan fingerprint density at radius 1 is 1.07 bits per heavy atom. The minimum Gasteiger partial charge on any atom is -0.476 e. The molecular formula is C20H16ClN3O4. The van der Waals surface area contributed by atoms with E-state index in [0.29, 0.717) is 35.0 Å². The highest BCUT2D eigenvalue weighted by Crippen LogP contribution is 2.27. The van der Waals surface area contributed by atoms with Gasteiger partial charge in [-0.05, 0) is 36.4 Å². The molecule has 0 unspecified atom stereocenters. The average Bonchev–Trinajstić information content (AvgIpc) is 3.08. The zero-order valence-corrected chi connectivity index (χ0v) is 15.5. The van der Waals surface area contributed by atoms with Crippen LogP contribution in [0.4, 0.5) is 4.79 Å². The third-order valence-corrected chi connectivity index (χ3v) is 4.79. The van der Waals surface area contributed by atoms with Crippen molar-refractivity contribution in [1.82, 2.24) is 14.7 Å². The van der Waals surface area contributed by atoms with Gasteiger partial charge in [0.1, 0.15) is 5.75 Å². The van der Waals surface area contributed by atoms with E-state index in [1.54, 1.807) is 53.2 Å². The number of nitrogens with zero attached hydrogens (tertiary/aromatic N) is 3. The lowest BCUT2D eigenvalue weighted by Crippen LogP contribution is -2.38. The van der Waals surface area contributed by atoms with Crippen LogP contribution in [-0.2, 0) is 13.0 Å². The molecule has 28 heavy (non-hydrogen) atoms. The Hall–Kier alpha value is -3.32. The van der Waals surface area contributed by atoms with Crippen molar-refractivity contribution in [3.63, 3.8) is 0 Å². The van der Waals surface area contributed by atoms with Gasteiger partial charge in [0.2, 0.25) is 0 Å². The van der Waals surface area contributed by atoms with Crippen molar-refractivity contribution in [1.29, 1.82) is 0 Å². The van der Waals surface area contributed by atoms with E-state index in [9.17, 15) is 14.7 Å². The molecule has 0 fully saturated rings. The SMILES string of the molecule is O=C(O)c1nn(-c2ccc(Cl)cc2)c2c1CN(C(=O)Oc1ccccc1)CC2. The molecule has 1 N–H and O–H groups in total. The van der Waals surface area contributed by atoms with Crippen molar-refractivity contribution in [3.8, 4) is 11.4 Å². The van der Waals surface area contributed by atoms with Gasteiger partial charge in [0.25, 0.3) is 0 Å². The van der Waals surface area contributed by atoms with E-state index in [1.165, 1.54) is 4.90 Å². The van der Waals surface area contributed by atoms with Gasteiger partial charge < -0.3 is 14.7 Å². The van der Waals surface area contributed by atoms with E-state index in [4.69, 9.17) is 16.3 Å². The molecule has 2 heterocycles. The summed E-state index contributed by atoms with van der Waals surface area (Å²) in [6.45, 7) is 0.521. The molecule has 1 amide bonds. The van der Waals surface area contributed by atoms with Gasteiger partial charge in [0.15, 0.2) is 5.69 Å². The number of rotatable bonds is 3. The summed E-state index contributed by atoms with van der Waals surface area (Å²) in [5.74, 6) is -0.698. The molecule has 0 bridgehead atoms. The van der Waals surface area contributed by atoms with E-state index < -0.39 is 12.1 Å². The van der Waals surface area contributed by atoms with Crippen LogP contribution < -0.4 is 4.74 Å². The van der Waals surface area contributed by atoms with E-state index >= 15 is 0 Å². The molecule has 7 nitrogen and oxygen atoms in total. The molecule has 3 aromatic rings. The molecule has 0 saturated heterocycles. The molecule has 2 aromatic carbocycles. The number of benzene rings is 2. The normalized spacial score (nSPS) is 13.1. The minimum atomic E-state index is -1.14. The van der Waals surface area contributed by atoms with Crippen LogP contribution in [0.2, 0.25) is 5.02 Å². The second kappa shape index (κ2) is 7.36. The standard InChI is InChI=1S/C20H16ClN3O4/c21-13-6-8-14(9-7-13)24-17-10-11-23(12-16(17)18(22-24)19(25)26)20(27)28-15-4-2-1-3-5-15/h1-9H,10-12H2,(H,25,26). The number of carbonyl (C=O) groups excluding carboxylic acids is 1. The summed E-state index contributed by atoms with van der Waals surface area (Å²) < 4.78 is 6.98. The molecule has 0 radical (unpaired) electrons. The summed E-state index contributed by atoms with van der Waals surface area (Å²) in [5, 5.41) is 14.4. The van der Waals surface area contributed by atoms with Crippen molar-refractivity contribution in [2.75, 3.05) is 6.54 Å². The lowest BCUT2D eigenvalue weighted by Gasteiger charge is -2.26. The first-order valence-electron chi connectivity index (χ1n) is 8.65. The van der Waals surface area contributed by atoms with Gasteiger partial charge in [0.05, 0.1) is 17.9 Å². The summed E-state index contributed by atoms with van der Waals surface area (Å²) in [4.78, 5) is 25.7. The van der Waals surface area contributed by atoms with Crippen LogP contribution >= 0.6 is 11.6 Å². The maximum Gasteiger partial charge on any atom is 0.415 e. The second-order valence-corrected chi connectivity index (χ2v) is 6.76. The first-order valence-corrected chi connectivity index (χ1v) is 9.02. The molecule has 0 spiro atoms. The van der Waals surface area contributed by atoms with Crippen LogP contribution in [-0.4, -0.2) is 38.4 Å². The van der Waals surface area contributed by atoms with Gasteiger partial charge in [-0.25, -0.2) is 14.3 Å². The summed E-state index contributed by atoms with van der Waals surface area (Å²) in [5.41, 5.74) is 1.93. The monoisotopic (exact) mass is 397 g/mol. The van der Waals surface area contributed by atoms with E-state index in [2.05, 4.69) is 5.10 Å². The molecule has 1 aromatic heterocycles. The maximum absolute atomic E-state index is 12.5. The fourth-order valence-corrected chi connectivity index (χ4v) is 3.32. The predicted molar refractivity (Wildman–Crippen MR) is 102 cm³/mol. The van der Waals surface area contributed by atoms with Crippen molar-refractivity contribution in [3.05, 3.63) is 76.6 Å². The lowest BCUT2D eigenvalue weighted by atomic mass is 10.1. The number of hydrogen-bond donors (Lipinski definition) is 1. The number of carbonyl (C=O) groups is 2. The van der Waals surface area contributed by atoms with Crippen LogP contribution in [0, 0.1) is 0 Å². The Morgan fingerprint density at radius 2 is 1.79 bits per heavy atom.